The molecule has 0 atom stereocenters. The van der Waals surface area contributed by atoms with E-state index in [2.05, 4.69) is 17.2 Å². The Balaban J connectivity index is 2.47. The van der Waals surface area contributed by atoms with Crippen LogP contribution in [0.4, 0.5) is 5.69 Å². The van der Waals surface area contributed by atoms with Crippen molar-refractivity contribution in [2.24, 2.45) is 0 Å². The van der Waals surface area contributed by atoms with E-state index in [4.69, 9.17) is 0 Å². The molecule has 0 aliphatic carbocycles. The van der Waals surface area contributed by atoms with Crippen molar-refractivity contribution in [3.05, 3.63) is 30.0 Å². The van der Waals surface area contributed by atoms with Crippen LogP contribution in [-0.2, 0) is 11.2 Å². The first-order chi connectivity index (χ1) is 8.60. The summed E-state index contributed by atoms with van der Waals surface area (Å²) in [6.07, 6.45) is 1.83. The summed E-state index contributed by atoms with van der Waals surface area (Å²) in [5.74, 6) is 0.0695. The van der Waals surface area contributed by atoms with Gasteiger partial charge in [0.15, 0.2) is 0 Å². The van der Waals surface area contributed by atoms with E-state index in [0.717, 1.165) is 24.1 Å². The lowest BCUT2D eigenvalue weighted by Gasteiger charge is -2.07. The number of nitrogens with one attached hydrogen (secondary N) is 1. The smallest absolute Gasteiger partial charge is 0.221 e. The molecule has 0 fully saturated rings. The van der Waals surface area contributed by atoms with Crippen LogP contribution in [0.5, 0.6) is 5.75 Å². The van der Waals surface area contributed by atoms with Crippen molar-refractivity contribution in [2.45, 2.75) is 26.7 Å². The van der Waals surface area contributed by atoms with Crippen LogP contribution < -0.4 is 5.32 Å². The van der Waals surface area contributed by atoms with Crippen molar-refractivity contribution in [2.75, 3.05) is 5.32 Å². The molecule has 2 N–H and O–H groups in total. The summed E-state index contributed by atoms with van der Waals surface area (Å²) in [4.78, 5) is 15.5. The van der Waals surface area contributed by atoms with Crippen molar-refractivity contribution < 1.29 is 9.90 Å². The first kappa shape index (κ1) is 12.4. The molecule has 0 bridgehead atoms. The number of carbonyl (C=O) groups is 1. The number of carbonyl (C=O) groups excluding carboxylic acids is 1. The maximum Gasteiger partial charge on any atom is 0.221 e. The fourth-order valence-corrected chi connectivity index (χ4v) is 1.93. The molecule has 2 rings (SSSR count). The number of benzene rings is 1. The van der Waals surface area contributed by atoms with Gasteiger partial charge in [0.05, 0.1) is 5.52 Å². The number of aromatic hydroxyl groups is 1. The quantitative estimate of drug-likeness (QED) is 0.872. The topological polar surface area (TPSA) is 62.2 Å². The predicted molar refractivity (Wildman–Crippen MR) is 71.7 cm³/mol. The summed E-state index contributed by atoms with van der Waals surface area (Å²) in [6, 6.07) is 7.00. The molecule has 1 heterocycles. The van der Waals surface area contributed by atoms with Gasteiger partial charge in [-0.15, -0.1) is 0 Å². The van der Waals surface area contributed by atoms with Gasteiger partial charge in [0.2, 0.25) is 5.91 Å². The highest BCUT2D eigenvalue weighted by Crippen LogP contribution is 2.27. The molecule has 0 saturated carbocycles. The zero-order valence-corrected chi connectivity index (χ0v) is 10.5. The first-order valence-electron chi connectivity index (χ1n) is 6.00. The molecule has 4 nitrogen and oxygen atoms in total. The highest BCUT2D eigenvalue weighted by atomic mass is 16.3. The summed E-state index contributed by atoms with van der Waals surface area (Å²) in [5.41, 5.74) is 2.29. The second kappa shape index (κ2) is 5.04. The van der Waals surface area contributed by atoms with Crippen molar-refractivity contribution in [1.82, 2.24) is 4.98 Å². The number of aryl methyl sites for hydroxylation is 1. The number of anilines is 1. The van der Waals surface area contributed by atoms with Gasteiger partial charge in [-0.1, -0.05) is 13.3 Å². The summed E-state index contributed by atoms with van der Waals surface area (Å²) in [5, 5.41) is 13.3. The van der Waals surface area contributed by atoms with Crippen molar-refractivity contribution in [3.8, 4) is 5.75 Å². The second-order valence-corrected chi connectivity index (χ2v) is 4.30. The minimum Gasteiger partial charge on any atom is -0.507 e. The van der Waals surface area contributed by atoms with Crippen molar-refractivity contribution in [1.29, 1.82) is 0 Å². The molecule has 94 valence electrons. The van der Waals surface area contributed by atoms with Crippen LogP contribution in [-0.4, -0.2) is 16.0 Å². The molecule has 0 radical (unpaired) electrons. The van der Waals surface area contributed by atoms with Gasteiger partial charge in [-0.3, -0.25) is 9.78 Å². The Hall–Kier alpha value is -2.10. The number of rotatable bonds is 3. The SMILES string of the molecule is CCCc1cc(O)c2cc(NC(C)=O)ccc2n1. The molecule has 0 aliphatic rings. The number of aromatic nitrogens is 1. The third kappa shape index (κ3) is 2.59. The molecule has 0 spiro atoms. The standard InChI is InChI=1S/C14H16N2O2/c1-3-4-10-8-14(18)12-7-11(15-9(2)17)5-6-13(12)16-10/h5-8H,3-4H2,1-2H3,(H,15,17)(H,16,18). The van der Waals surface area contributed by atoms with E-state index in [0.29, 0.717) is 11.1 Å². The van der Waals surface area contributed by atoms with Crippen LogP contribution in [0.25, 0.3) is 10.9 Å². The normalized spacial score (nSPS) is 10.6. The largest absolute Gasteiger partial charge is 0.507 e. The zero-order chi connectivity index (χ0) is 13.1. The van der Waals surface area contributed by atoms with E-state index in [1.54, 1.807) is 24.3 Å². The molecule has 0 unspecified atom stereocenters. The maximum atomic E-state index is 11.0. The molecule has 1 aromatic heterocycles. The van der Waals surface area contributed by atoms with Crippen LogP contribution in [0.1, 0.15) is 26.0 Å². The highest BCUT2D eigenvalue weighted by molar-refractivity contribution is 5.94. The molecule has 2 aromatic rings. The molecule has 0 saturated heterocycles. The number of pyridine rings is 1. The lowest BCUT2D eigenvalue weighted by atomic mass is 10.1. The number of amides is 1. The molecule has 18 heavy (non-hydrogen) atoms. The van der Waals surface area contributed by atoms with Gasteiger partial charge >= 0.3 is 0 Å². The number of hydrogen-bond acceptors (Lipinski definition) is 3. The van der Waals surface area contributed by atoms with Gasteiger partial charge in [-0.05, 0) is 24.6 Å². The van der Waals surface area contributed by atoms with E-state index in [1.165, 1.54) is 6.92 Å². The maximum absolute atomic E-state index is 11.0. The first-order valence-corrected chi connectivity index (χ1v) is 6.00. The van der Waals surface area contributed by atoms with Crippen molar-refractivity contribution in [3.63, 3.8) is 0 Å². The van der Waals surface area contributed by atoms with Gasteiger partial charge in [0, 0.05) is 29.8 Å². The number of fused-ring (bicyclic) bond motifs is 1. The zero-order valence-electron chi connectivity index (χ0n) is 10.5. The molecule has 1 aromatic carbocycles. The van der Waals surface area contributed by atoms with Gasteiger partial charge in [0.25, 0.3) is 0 Å². The third-order valence-electron chi connectivity index (χ3n) is 2.67. The summed E-state index contributed by atoms with van der Waals surface area (Å²) in [6.45, 7) is 3.52. The molecule has 4 heteroatoms. The Kier molecular flexibility index (Phi) is 3.46. The average molecular weight is 244 g/mol. The monoisotopic (exact) mass is 244 g/mol. The van der Waals surface area contributed by atoms with Crippen LogP contribution in [0, 0.1) is 0 Å². The van der Waals surface area contributed by atoms with E-state index in [9.17, 15) is 9.90 Å². The van der Waals surface area contributed by atoms with E-state index in [1.807, 2.05) is 0 Å². The van der Waals surface area contributed by atoms with E-state index in [-0.39, 0.29) is 11.7 Å². The van der Waals surface area contributed by atoms with Crippen LogP contribution in [0.3, 0.4) is 0 Å². The summed E-state index contributed by atoms with van der Waals surface area (Å²) < 4.78 is 0. The number of nitrogens with zero attached hydrogens (tertiary/aromatic N) is 1. The Morgan fingerprint density at radius 3 is 2.83 bits per heavy atom. The summed E-state index contributed by atoms with van der Waals surface area (Å²) in [7, 11) is 0. The van der Waals surface area contributed by atoms with Gasteiger partial charge in [-0.25, -0.2) is 0 Å². The molecule has 0 aliphatic heterocycles. The average Bonchev–Trinajstić information content (AvgIpc) is 2.30. The van der Waals surface area contributed by atoms with Crippen LogP contribution >= 0.6 is 0 Å². The second-order valence-electron chi connectivity index (χ2n) is 4.30. The predicted octanol–water partition coefficient (Wildman–Crippen LogP) is 2.85. The highest BCUT2D eigenvalue weighted by Gasteiger charge is 2.06. The minimum atomic E-state index is -0.135. The van der Waals surface area contributed by atoms with Crippen LogP contribution in [0.15, 0.2) is 24.3 Å². The van der Waals surface area contributed by atoms with Gasteiger partial charge in [0.1, 0.15) is 5.75 Å². The van der Waals surface area contributed by atoms with Gasteiger partial charge in [-0.2, -0.15) is 0 Å². The fourth-order valence-electron chi connectivity index (χ4n) is 1.93. The summed E-state index contributed by atoms with van der Waals surface area (Å²) >= 11 is 0. The Labute approximate surface area is 106 Å². The lowest BCUT2D eigenvalue weighted by molar-refractivity contribution is -0.114. The van der Waals surface area contributed by atoms with E-state index >= 15 is 0 Å². The Morgan fingerprint density at radius 1 is 1.39 bits per heavy atom. The molecular formula is C14H16N2O2. The third-order valence-corrected chi connectivity index (χ3v) is 2.67. The lowest BCUT2D eigenvalue weighted by Crippen LogP contribution is -2.05. The number of hydrogen-bond donors (Lipinski definition) is 2. The van der Waals surface area contributed by atoms with Crippen LogP contribution in [0.2, 0.25) is 0 Å². The van der Waals surface area contributed by atoms with Crippen molar-refractivity contribution >= 4 is 22.5 Å². The van der Waals surface area contributed by atoms with E-state index < -0.39 is 0 Å². The Morgan fingerprint density at radius 2 is 2.17 bits per heavy atom. The van der Waals surface area contributed by atoms with Gasteiger partial charge < -0.3 is 10.4 Å². The molecule has 1 amide bonds. The molecular weight excluding hydrogens is 228 g/mol. The minimum absolute atomic E-state index is 0.135. The fraction of sp³-hybridized carbons (Fsp3) is 0.286. The Bertz CT molecular complexity index is 594.